The van der Waals surface area contributed by atoms with Crippen molar-refractivity contribution in [2.24, 2.45) is 0 Å². The standard InChI is InChI=1S/C16H21FN2O4S.C2HF3O2/c1-24(21,22)19-16(20)13-7-12(10-4-5-10)15(8-14(13)17)23-11-3-2-6-18-9-11;3-2(4,5)1(6)7/h7-8,10-11,18H,2-6,9H2,1H3,(H,19,20);(H,6,7)/t11-;/m1./s1. The predicted octanol–water partition coefficient (Wildman–Crippen LogP) is 2.16. The van der Waals surface area contributed by atoms with Crippen molar-refractivity contribution in [3.05, 3.63) is 29.1 Å². The minimum Gasteiger partial charge on any atom is -0.489 e. The van der Waals surface area contributed by atoms with Crippen LogP contribution in [0.4, 0.5) is 17.6 Å². The molecule has 2 aliphatic rings. The minimum atomic E-state index is -5.08. The third kappa shape index (κ3) is 7.98. The van der Waals surface area contributed by atoms with E-state index in [1.807, 2.05) is 0 Å². The highest BCUT2D eigenvalue weighted by Gasteiger charge is 2.38. The van der Waals surface area contributed by atoms with Crippen molar-refractivity contribution in [1.29, 1.82) is 0 Å². The summed E-state index contributed by atoms with van der Waals surface area (Å²) >= 11 is 0. The average Bonchev–Trinajstić information content (AvgIpc) is 3.46. The Balaban J connectivity index is 0.000000423. The molecule has 0 aromatic heterocycles. The lowest BCUT2D eigenvalue weighted by atomic mass is 10.0. The van der Waals surface area contributed by atoms with Gasteiger partial charge in [-0.15, -0.1) is 0 Å². The van der Waals surface area contributed by atoms with Crippen LogP contribution < -0.4 is 14.8 Å². The van der Waals surface area contributed by atoms with E-state index in [0.29, 0.717) is 12.3 Å². The number of amides is 1. The summed E-state index contributed by atoms with van der Waals surface area (Å²) in [5.74, 6) is -3.80. The number of halogens is 4. The lowest BCUT2D eigenvalue weighted by Crippen LogP contribution is -2.37. The summed E-state index contributed by atoms with van der Waals surface area (Å²) < 4.78 is 76.2. The van der Waals surface area contributed by atoms with Gasteiger partial charge in [0.1, 0.15) is 17.7 Å². The molecule has 1 aromatic carbocycles. The van der Waals surface area contributed by atoms with Crippen molar-refractivity contribution in [2.75, 3.05) is 19.3 Å². The number of sulfonamides is 1. The quantitative estimate of drug-likeness (QED) is 0.564. The summed E-state index contributed by atoms with van der Waals surface area (Å²) in [6, 6.07) is 2.64. The van der Waals surface area contributed by atoms with Crippen LogP contribution in [0.25, 0.3) is 0 Å². The van der Waals surface area contributed by atoms with E-state index in [2.05, 4.69) is 5.32 Å². The van der Waals surface area contributed by atoms with Crippen LogP contribution in [-0.4, -0.2) is 57.0 Å². The Bertz CT molecular complexity index is 926. The molecule has 1 amide bonds. The first-order valence-corrected chi connectivity index (χ1v) is 11.2. The predicted molar refractivity (Wildman–Crippen MR) is 101 cm³/mol. The van der Waals surface area contributed by atoms with E-state index in [0.717, 1.165) is 44.0 Å². The Hall–Kier alpha value is -2.41. The zero-order valence-electron chi connectivity index (χ0n) is 16.5. The first-order valence-electron chi connectivity index (χ1n) is 9.31. The second kappa shape index (κ2) is 9.81. The van der Waals surface area contributed by atoms with Crippen LogP contribution in [0.15, 0.2) is 12.1 Å². The van der Waals surface area contributed by atoms with E-state index in [9.17, 15) is 30.8 Å². The van der Waals surface area contributed by atoms with Crippen molar-refractivity contribution in [3.63, 3.8) is 0 Å². The van der Waals surface area contributed by atoms with E-state index in [4.69, 9.17) is 14.6 Å². The molecule has 1 saturated carbocycles. The van der Waals surface area contributed by atoms with E-state index in [1.54, 1.807) is 4.72 Å². The maximum atomic E-state index is 14.3. The first kappa shape index (κ1) is 24.9. The number of carbonyl (C=O) groups excluding carboxylic acids is 1. The smallest absolute Gasteiger partial charge is 0.489 e. The molecular weight excluding hydrogens is 448 g/mol. The van der Waals surface area contributed by atoms with E-state index >= 15 is 0 Å². The highest BCUT2D eigenvalue weighted by atomic mass is 32.2. The number of hydrogen-bond acceptors (Lipinski definition) is 6. The van der Waals surface area contributed by atoms with Gasteiger partial charge in [0.15, 0.2) is 0 Å². The number of carbonyl (C=O) groups is 2. The fourth-order valence-electron chi connectivity index (χ4n) is 2.88. The van der Waals surface area contributed by atoms with Gasteiger partial charge in [0.25, 0.3) is 5.91 Å². The monoisotopic (exact) mass is 470 g/mol. The van der Waals surface area contributed by atoms with Crippen molar-refractivity contribution in [2.45, 2.75) is 43.9 Å². The van der Waals surface area contributed by atoms with Crippen molar-refractivity contribution >= 4 is 21.9 Å². The lowest BCUT2D eigenvalue weighted by Gasteiger charge is -2.25. The Morgan fingerprint density at radius 1 is 1.23 bits per heavy atom. The number of alkyl halides is 3. The fourth-order valence-corrected chi connectivity index (χ4v) is 3.33. The van der Waals surface area contributed by atoms with E-state index in [1.165, 1.54) is 12.1 Å². The Morgan fingerprint density at radius 2 is 1.84 bits per heavy atom. The van der Waals surface area contributed by atoms with Crippen LogP contribution in [0.5, 0.6) is 5.75 Å². The molecule has 0 spiro atoms. The molecule has 0 bridgehead atoms. The summed E-state index contributed by atoms with van der Waals surface area (Å²) in [5.41, 5.74) is 0.511. The average molecular weight is 470 g/mol. The zero-order chi connectivity index (χ0) is 23.4. The molecule has 13 heteroatoms. The Morgan fingerprint density at radius 3 is 2.29 bits per heavy atom. The maximum absolute atomic E-state index is 14.3. The number of rotatable bonds is 5. The first-order chi connectivity index (χ1) is 14.3. The molecule has 2 fully saturated rings. The molecule has 1 atom stereocenters. The summed E-state index contributed by atoms with van der Waals surface area (Å²) in [7, 11) is -3.74. The molecular formula is C18H22F4N2O6S. The molecule has 3 N–H and O–H groups in total. The van der Waals surface area contributed by atoms with Gasteiger partial charge in [-0.1, -0.05) is 0 Å². The normalized spacial score (nSPS) is 19.1. The number of aliphatic carboxylic acids is 1. The second-order valence-corrected chi connectivity index (χ2v) is 8.99. The molecule has 0 unspecified atom stereocenters. The Labute approximate surface area is 176 Å². The van der Waals surface area contributed by atoms with Crippen molar-refractivity contribution in [3.8, 4) is 5.75 Å². The number of benzene rings is 1. The third-order valence-corrected chi connectivity index (χ3v) is 4.98. The van der Waals surface area contributed by atoms with Gasteiger partial charge >= 0.3 is 12.1 Å². The molecule has 1 aliphatic heterocycles. The van der Waals surface area contributed by atoms with Crippen LogP contribution in [-0.2, 0) is 14.8 Å². The zero-order valence-corrected chi connectivity index (χ0v) is 17.3. The van der Waals surface area contributed by atoms with Gasteiger partial charge < -0.3 is 15.2 Å². The van der Waals surface area contributed by atoms with Crippen LogP contribution in [0.1, 0.15) is 47.5 Å². The SMILES string of the molecule is CS(=O)(=O)NC(=O)c1cc(C2CC2)c(O[C@@H]2CCCNC2)cc1F.O=C(O)C(F)(F)F. The molecule has 1 saturated heterocycles. The molecule has 174 valence electrons. The van der Waals surface area contributed by atoms with Gasteiger partial charge in [0, 0.05) is 12.6 Å². The molecule has 1 aromatic rings. The molecule has 1 heterocycles. The number of hydrogen-bond donors (Lipinski definition) is 3. The number of piperidine rings is 1. The van der Waals surface area contributed by atoms with Crippen LogP contribution in [0, 0.1) is 5.82 Å². The van der Waals surface area contributed by atoms with Gasteiger partial charge in [0.2, 0.25) is 10.0 Å². The summed E-state index contributed by atoms with van der Waals surface area (Å²) in [5, 5.41) is 10.4. The third-order valence-electron chi connectivity index (χ3n) is 4.43. The molecule has 31 heavy (non-hydrogen) atoms. The number of carboxylic acids is 1. The van der Waals surface area contributed by atoms with Gasteiger partial charge in [-0.25, -0.2) is 22.3 Å². The van der Waals surface area contributed by atoms with Gasteiger partial charge in [-0.05, 0) is 49.8 Å². The topological polar surface area (TPSA) is 122 Å². The fraction of sp³-hybridized carbons (Fsp3) is 0.556. The highest BCUT2D eigenvalue weighted by molar-refractivity contribution is 7.89. The van der Waals surface area contributed by atoms with Crippen molar-refractivity contribution < 1.29 is 45.4 Å². The maximum Gasteiger partial charge on any atom is 0.490 e. The van der Waals surface area contributed by atoms with E-state index < -0.39 is 33.9 Å². The Kier molecular flexibility index (Phi) is 7.87. The molecule has 3 rings (SSSR count). The summed E-state index contributed by atoms with van der Waals surface area (Å²) in [6.07, 6.45) is -0.435. The molecule has 8 nitrogen and oxygen atoms in total. The summed E-state index contributed by atoms with van der Waals surface area (Å²) in [4.78, 5) is 20.9. The van der Waals surface area contributed by atoms with Gasteiger partial charge in [-0.3, -0.25) is 4.79 Å². The molecule has 0 radical (unpaired) electrons. The number of carboxylic acid groups (broad SMARTS) is 1. The van der Waals surface area contributed by atoms with Crippen LogP contribution in [0.2, 0.25) is 0 Å². The van der Waals surface area contributed by atoms with Crippen molar-refractivity contribution in [1.82, 2.24) is 10.0 Å². The van der Waals surface area contributed by atoms with Gasteiger partial charge in [0.05, 0.1) is 11.8 Å². The van der Waals surface area contributed by atoms with E-state index in [-0.39, 0.29) is 17.6 Å². The van der Waals surface area contributed by atoms with Gasteiger partial charge in [-0.2, -0.15) is 13.2 Å². The number of ether oxygens (including phenoxy) is 1. The second-order valence-electron chi connectivity index (χ2n) is 7.24. The largest absolute Gasteiger partial charge is 0.490 e. The lowest BCUT2D eigenvalue weighted by molar-refractivity contribution is -0.192. The number of nitrogens with one attached hydrogen (secondary N) is 2. The van der Waals surface area contributed by atoms with Crippen LogP contribution >= 0.6 is 0 Å². The molecule has 1 aliphatic carbocycles. The van der Waals surface area contributed by atoms with Crippen LogP contribution in [0.3, 0.4) is 0 Å². The minimum absolute atomic E-state index is 0.0219. The highest BCUT2D eigenvalue weighted by Crippen LogP contribution is 2.45. The summed E-state index contributed by atoms with van der Waals surface area (Å²) in [6.45, 7) is 1.66.